The van der Waals surface area contributed by atoms with E-state index in [2.05, 4.69) is 4.74 Å². The average Bonchev–Trinajstić information content (AvgIpc) is 2.42. The van der Waals surface area contributed by atoms with Crippen LogP contribution in [0.25, 0.3) is 0 Å². The zero-order valence-electron chi connectivity index (χ0n) is 12.1. The van der Waals surface area contributed by atoms with Crippen molar-refractivity contribution in [2.75, 3.05) is 6.61 Å². The fourth-order valence-corrected chi connectivity index (χ4v) is 1.83. The van der Waals surface area contributed by atoms with Gasteiger partial charge in [0.25, 0.3) is 6.47 Å². The van der Waals surface area contributed by atoms with Crippen LogP contribution in [-0.2, 0) is 25.5 Å². The zero-order chi connectivity index (χ0) is 16.6. The predicted octanol–water partition coefficient (Wildman–Crippen LogP) is 2.96. The molecule has 7 heteroatoms. The van der Waals surface area contributed by atoms with Crippen LogP contribution < -0.4 is 0 Å². The van der Waals surface area contributed by atoms with Crippen molar-refractivity contribution >= 4 is 12.4 Å². The van der Waals surface area contributed by atoms with Gasteiger partial charge in [-0.2, -0.15) is 13.2 Å². The van der Waals surface area contributed by atoms with Gasteiger partial charge in [0.2, 0.25) is 0 Å². The molecule has 0 spiro atoms. The maximum absolute atomic E-state index is 12.1. The average molecular weight is 318 g/mol. The molecule has 0 heterocycles. The van der Waals surface area contributed by atoms with E-state index >= 15 is 0 Å². The van der Waals surface area contributed by atoms with Gasteiger partial charge in [-0.25, -0.2) is 4.79 Å². The molecule has 0 N–H and O–H groups in total. The summed E-state index contributed by atoms with van der Waals surface area (Å²) in [4.78, 5) is 21.9. The minimum Gasteiger partial charge on any atom is -0.463 e. The van der Waals surface area contributed by atoms with E-state index in [4.69, 9.17) is 4.74 Å². The van der Waals surface area contributed by atoms with Crippen molar-refractivity contribution in [3.63, 3.8) is 0 Å². The van der Waals surface area contributed by atoms with Crippen LogP contribution in [0.1, 0.15) is 24.0 Å². The first-order valence-electron chi connectivity index (χ1n) is 6.70. The van der Waals surface area contributed by atoms with E-state index in [1.807, 2.05) is 31.2 Å². The smallest absolute Gasteiger partial charge is 0.389 e. The summed E-state index contributed by atoms with van der Waals surface area (Å²) in [6, 6.07) is 7.54. The molecule has 0 aliphatic heterocycles. The molecule has 0 amide bonds. The Morgan fingerprint density at radius 2 is 2.09 bits per heavy atom. The number of benzene rings is 1. The van der Waals surface area contributed by atoms with Crippen molar-refractivity contribution in [1.29, 1.82) is 0 Å². The molecule has 1 aromatic rings. The summed E-state index contributed by atoms with van der Waals surface area (Å²) in [7, 11) is 0. The molecule has 0 aliphatic rings. The number of rotatable bonds is 8. The van der Waals surface area contributed by atoms with Gasteiger partial charge in [0.15, 0.2) is 6.10 Å². The normalized spacial score (nSPS) is 12.5. The van der Waals surface area contributed by atoms with Crippen LogP contribution in [0.3, 0.4) is 0 Å². The van der Waals surface area contributed by atoms with Gasteiger partial charge in [-0.05, 0) is 12.5 Å². The third kappa shape index (κ3) is 7.10. The summed E-state index contributed by atoms with van der Waals surface area (Å²) in [5.74, 6) is -0.969. The van der Waals surface area contributed by atoms with Crippen molar-refractivity contribution in [2.45, 2.75) is 38.5 Å². The monoisotopic (exact) mass is 318 g/mol. The summed E-state index contributed by atoms with van der Waals surface area (Å²) in [6.07, 6.45) is -7.40. The van der Waals surface area contributed by atoms with Crippen LogP contribution in [0.15, 0.2) is 24.3 Å². The Labute approximate surface area is 126 Å². The molecule has 1 aromatic carbocycles. The van der Waals surface area contributed by atoms with E-state index in [1.165, 1.54) is 0 Å². The van der Waals surface area contributed by atoms with Gasteiger partial charge in [0, 0.05) is 19.3 Å². The summed E-state index contributed by atoms with van der Waals surface area (Å²) in [5, 5.41) is 0. The van der Waals surface area contributed by atoms with Crippen LogP contribution >= 0.6 is 0 Å². The van der Waals surface area contributed by atoms with E-state index in [0.29, 0.717) is 6.42 Å². The van der Waals surface area contributed by atoms with Gasteiger partial charge in [-0.15, -0.1) is 0 Å². The third-order valence-electron chi connectivity index (χ3n) is 2.89. The van der Waals surface area contributed by atoms with E-state index < -0.39 is 31.1 Å². The Bertz CT molecular complexity index is 500. The molecule has 122 valence electrons. The molecule has 1 unspecified atom stereocenters. The standard InChI is InChI=1S/C15H17F3O4/c1-11-3-2-4-12(9-11)6-8-21-14(20)13(22-10-19)5-7-15(16,17)18/h2-4,9-10,13H,5-8H2,1H3. The lowest BCUT2D eigenvalue weighted by Gasteiger charge is -2.15. The maximum Gasteiger partial charge on any atom is 0.389 e. The highest BCUT2D eigenvalue weighted by Gasteiger charge is 2.32. The quantitative estimate of drug-likeness (QED) is 0.546. The van der Waals surface area contributed by atoms with Crippen molar-refractivity contribution < 1.29 is 32.2 Å². The highest BCUT2D eigenvalue weighted by atomic mass is 19.4. The lowest BCUT2D eigenvalue weighted by Crippen LogP contribution is -2.28. The van der Waals surface area contributed by atoms with Gasteiger partial charge in [0.05, 0.1) is 6.61 Å². The van der Waals surface area contributed by atoms with Gasteiger partial charge >= 0.3 is 12.1 Å². The second-order valence-electron chi connectivity index (χ2n) is 4.78. The molecule has 0 saturated carbocycles. The molecule has 4 nitrogen and oxygen atoms in total. The van der Waals surface area contributed by atoms with Gasteiger partial charge in [0.1, 0.15) is 0 Å². The van der Waals surface area contributed by atoms with E-state index in [1.54, 1.807) is 0 Å². The zero-order valence-corrected chi connectivity index (χ0v) is 12.1. The summed E-state index contributed by atoms with van der Waals surface area (Å²) in [6.45, 7) is 1.87. The van der Waals surface area contributed by atoms with Gasteiger partial charge in [-0.3, -0.25) is 4.79 Å². The molecule has 0 fully saturated rings. The lowest BCUT2D eigenvalue weighted by atomic mass is 10.1. The van der Waals surface area contributed by atoms with Crippen LogP contribution in [0.2, 0.25) is 0 Å². The Morgan fingerprint density at radius 3 is 2.68 bits per heavy atom. The molecule has 0 radical (unpaired) electrons. The molecule has 1 atom stereocenters. The van der Waals surface area contributed by atoms with Gasteiger partial charge < -0.3 is 9.47 Å². The number of alkyl halides is 3. The largest absolute Gasteiger partial charge is 0.463 e. The van der Waals surface area contributed by atoms with Crippen LogP contribution in [0, 0.1) is 6.92 Å². The Morgan fingerprint density at radius 1 is 1.36 bits per heavy atom. The molecule has 1 rings (SSSR count). The van der Waals surface area contributed by atoms with Gasteiger partial charge in [-0.1, -0.05) is 29.8 Å². The van der Waals surface area contributed by atoms with E-state index in [0.717, 1.165) is 11.1 Å². The fraction of sp³-hybridized carbons (Fsp3) is 0.467. The van der Waals surface area contributed by atoms with E-state index in [9.17, 15) is 22.8 Å². The number of esters is 1. The van der Waals surface area contributed by atoms with Crippen molar-refractivity contribution in [1.82, 2.24) is 0 Å². The number of halogens is 3. The SMILES string of the molecule is Cc1cccc(CCOC(=O)C(CCC(F)(F)F)OC=O)c1. The number of carbonyl (C=O) groups excluding carboxylic acids is 2. The number of carbonyl (C=O) groups is 2. The number of aryl methyl sites for hydroxylation is 1. The molecule has 0 saturated heterocycles. The van der Waals surface area contributed by atoms with Crippen LogP contribution in [-0.4, -0.2) is 31.3 Å². The van der Waals surface area contributed by atoms with Crippen molar-refractivity contribution in [2.24, 2.45) is 0 Å². The number of hydrogen-bond donors (Lipinski definition) is 0. The fourth-order valence-electron chi connectivity index (χ4n) is 1.83. The van der Waals surface area contributed by atoms with Crippen molar-refractivity contribution in [3.05, 3.63) is 35.4 Å². The minimum absolute atomic E-state index is 0.00697. The number of ether oxygens (including phenoxy) is 2. The first-order valence-corrected chi connectivity index (χ1v) is 6.70. The molecular formula is C15H17F3O4. The summed E-state index contributed by atoms with van der Waals surface area (Å²) < 4.78 is 45.6. The highest BCUT2D eigenvalue weighted by molar-refractivity contribution is 5.75. The van der Waals surface area contributed by atoms with E-state index in [-0.39, 0.29) is 13.1 Å². The summed E-state index contributed by atoms with van der Waals surface area (Å²) >= 11 is 0. The second-order valence-corrected chi connectivity index (χ2v) is 4.78. The Hall–Kier alpha value is -2.05. The van der Waals surface area contributed by atoms with Crippen LogP contribution in [0.4, 0.5) is 13.2 Å². The Balaban J connectivity index is 2.44. The molecule has 0 aromatic heterocycles. The first-order chi connectivity index (χ1) is 10.3. The molecular weight excluding hydrogens is 301 g/mol. The topological polar surface area (TPSA) is 52.6 Å². The first kappa shape index (κ1) is 18.0. The molecule has 0 aliphatic carbocycles. The number of hydrogen-bond acceptors (Lipinski definition) is 4. The minimum atomic E-state index is -4.42. The van der Waals surface area contributed by atoms with Crippen LogP contribution in [0.5, 0.6) is 0 Å². The molecule has 22 heavy (non-hydrogen) atoms. The Kier molecular flexibility index (Phi) is 6.88. The second kappa shape index (κ2) is 8.41. The maximum atomic E-state index is 12.1. The highest BCUT2D eigenvalue weighted by Crippen LogP contribution is 2.23. The van der Waals surface area contributed by atoms with Crippen molar-refractivity contribution in [3.8, 4) is 0 Å². The molecule has 0 bridgehead atoms. The summed E-state index contributed by atoms with van der Waals surface area (Å²) in [5.41, 5.74) is 1.99. The third-order valence-corrected chi connectivity index (χ3v) is 2.89. The predicted molar refractivity (Wildman–Crippen MR) is 72.1 cm³/mol. The lowest BCUT2D eigenvalue weighted by molar-refractivity contribution is -0.168.